The van der Waals surface area contributed by atoms with Crippen molar-refractivity contribution in [1.82, 2.24) is 0 Å². The van der Waals surface area contributed by atoms with Crippen molar-refractivity contribution in [1.29, 1.82) is 0 Å². The van der Waals surface area contributed by atoms with Crippen LogP contribution in [0.1, 0.15) is 6.42 Å². The van der Waals surface area contributed by atoms with Crippen molar-refractivity contribution in [2.45, 2.75) is 12.6 Å². The molecule has 1 atom stereocenters. The van der Waals surface area contributed by atoms with Gasteiger partial charge in [0.25, 0.3) is 0 Å². The number of carboxylic acid groups (broad SMARTS) is 2. The van der Waals surface area contributed by atoms with E-state index in [1.807, 2.05) is 0 Å². The Hall–Kier alpha value is -1.13. The Kier molecular flexibility index (Phi) is 2.63. The maximum absolute atomic E-state index is 11.8. The molecule has 0 amide bonds. The van der Waals surface area contributed by atoms with Crippen molar-refractivity contribution in [3.8, 4) is 0 Å². The first-order valence-corrected chi connectivity index (χ1v) is 2.12. The van der Waals surface area contributed by atoms with Gasteiger partial charge in [0, 0.05) is 0 Å². The van der Waals surface area contributed by atoms with E-state index >= 15 is 0 Å². The molecule has 4 nitrogen and oxygen atoms in total. The second-order valence-electron chi connectivity index (χ2n) is 1.40. The number of aliphatic carboxylic acids is 2. The molecule has 5 heteroatoms. The summed E-state index contributed by atoms with van der Waals surface area (Å²) in [5, 5.41) is 15.6. The van der Waals surface area contributed by atoms with E-state index in [1.54, 1.807) is 0 Å². The molecule has 0 aliphatic carbocycles. The maximum atomic E-state index is 11.8. The van der Waals surface area contributed by atoms with Gasteiger partial charge in [0.1, 0.15) is 0 Å². The average Bonchev–Trinajstić information content (AvgIpc) is 1.63. The highest BCUT2D eigenvalue weighted by molar-refractivity contribution is 5.79. The van der Waals surface area contributed by atoms with Gasteiger partial charge in [0.05, 0.1) is 6.42 Å². The summed E-state index contributed by atoms with van der Waals surface area (Å²) in [6, 6.07) is 0. The fourth-order valence-corrected chi connectivity index (χ4v) is 0.241. The zero-order chi connectivity index (χ0) is 7.44. The van der Waals surface area contributed by atoms with Gasteiger partial charge < -0.3 is 10.2 Å². The quantitative estimate of drug-likeness (QED) is 0.567. The molecule has 2 N–H and O–H groups in total. The fraction of sp³-hybridized carbons (Fsp3) is 0.500. The van der Waals surface area contributed by atoms with E-state index in [4.69, 9.17) is 10.2 Å². The summed E-state index contributed by atoms with van der Waals surface area (Å²) in [6.07, 6.45) is -3.27. The molecule has 0 aromatic heterocycles. The first-order valence-electron chi connectivity index (χ1n) is 2.12. The normalized spacial score (nSPS) is 12.6. The van der Waals surface area contributed by atoms with Crippen LogP contribution in [-0.4, -0.2) is 28.3 Å². The smallest absolute Gasteiger partial charge is 0.338 e. The molecule has 0 aromatic carbocycles. The van der Waals surface area contributed by atoms with Gasteiger partial charge in [-0.25, -0.2) is 9.18 Å². The monoisotopic (exact) mass is 136 g/mol. The summed E-state index contributed by atoms with van der Waals surface area (Å²) in [4.78, 5) is 19.2. The minimum Gasteiger partial charge on any atom is -0.481 e. The van der Waals surface area contributed by atoms with E-state index in [1.165, 1.54) is 0 Å². The van der Waals surface area contributed by atoms with Gasteiger partial charge in [0.15, 0.2) is 0 Å². The molecule has 0 saturated heterocycles. The van der Waals surface area contributed by atoms with Crippen molar-refractivity contribution in [3.63, 3.8) is 0 Å². The number of hydrogen-bond acceptors (Lipinski definition) is 2. The third kappa shape index (κ3) is 3.45. The molecule has 0 unspecified atom stereocenters. The lowest BCUT2D eigenvalue weighted by atomic mass is 10.3. The van der Waals surface area contributed by atoms with Crippen molar-refractivity contribution < 1.29 is 24.2 Å². The Morgan fingerprint density at radius 1 is 1.44 bits per heavy atom. The molecule has 0 radical (unpaired) electrons. The average molecular weight is 136 g/mol. The molecular weight excluding hydrogens is 131 g/mol. The first-order chi connectivity index (χ1) is 4.04. The second-order valence-corrected chi connectivity index (χ2v) is 1.40. The number of hydrogen-bond donors (Lipinski definition) is 2. The summed E-state index contributed by atoms with van der Waals surface area (Å²) in [7, 11) is 0. The van der Waals surface area contributed by atoms with Crippen LogP contribution in [-0.2, 0) is 9.59 Å². The predicted molar refractivity (Wildman–Crippen MR) is 24.8 cm³/mol. The summed E-state index contributed by atoms with van der Waals surface area (Å²) >= 11 is 0. The van der Waals surface area contributed by atoms with Gasteiger partial charge >= 0.3 is 11.9 Å². The van der Waals surface area contributed by atoms with E-state index in [2.05, 4.69) is 0 Å². The lowest BCUT2D eigenvalue weighted by Crippen LogP contribution is -2.18. The largest absolute Gasteiger partial charge is 0.481 e. The minimum absolute atomic E-state index is 0.977. The van der Waals surface area contributed by atoms with Crippen LogP contribution in [0.15, 0.2) is 0 Å². The number of halogens is 1. The molecule has 0 saturated carbocycles. The Morgan fingerprint density at radius 3 is 2.00 bits per heavy atom. The molecule has 9 heavy (non-hydrogen) atoms. The summed E-state index contributed by atoms with van der Waals surface area (Å²) in [5.74, 6) is -3.19. The van der Waals surface area contributed by atoms with Gasteiger partial charge in [-0.2, -0.15) is 0 Å². The molecule has 52 valence electrons. The van der Waals surface area contributed by atoms with Gasteiger partial charge in [-0.3, -0.25) is 4.79 Å². The number of alkyl halides is 1. The fourth-order valence-electron chi connectivity index (χ4n) is 0.241. The summed E-state index contributed by atoms with van der Waals surface area (Å²) in [5.41, 5.74) is 0. The van der Waals surface area contributed by atoms with Crippen LogP contribution in [0.25, 0.3) is 0 Å². The van der Waals surface area contributed by atoms with Gasteiger partial charge in [-0.1, -0.05) is 0 Å². The van der Waals surface area contributed by atoms with Crippen LogP contribution in [0.4, 0.5) is 4.39 Å². The van der Waals surface area contributed by atoms with Crippen molar-refractivity contribution >= 4 is 11.9 Å². The summed E-state index contributed by atoms with van der Waals surface area (Å²) in [6.45, 7) is 0. The lowest BCUT2D eigenvalue weighted by molar-refractivity contribution is -0.149. The number of carboxylic acids is 2. The molecular formula is C4H5FO4. The van der Waals surface area contributed by atoms with Crippen molar-refractivity contribution in [2.24, 2.45) is 0 Å². The van der Waals surface area contributed by atoms with E-state index in [9.17, 15) is 14.0 Å². The Balaban J connectivity index is 3.63. The van der Waals surface area contributed by atoms with Crippen LogP contribution >= 0.6 is 0 Å². The van der Waals surface area contributed by atoms with E-state index < -0.39 is 24.5 Å². The minimum atomic E-state index is -2.29. The molecule has 0 aromatic rings. The van der Waals surface area contributed by atoms with Crippen molar-refractivity contribution in [2.75, 3.05) is 0 Å². The van der Waals surface area contributed by atoms with Crippen LogP contribution < -0.4 is 0 Å². The Morgan fingerprint density at radius 2 is 1.89 bits per heavy atom. The molecule has 0 spiro atoms. The highest BCUT2D eigenvalue weighted by atomic mass is 19.1. The number of carbonyl (C=O) groups is 2. The highest BCUT2D eigenvalue weighted by Crippen LogP contribution is 1.96. The Labute approximate surface area is 49.9 Å². The molecule has 0 heterocycles. The molecule has 0 fully saturated rings. The third-order valence-corrected chi connectivity index (χ3v) is 0.622. The third-order valence-electron chi connectivity index (χ3n) is 0.622. The standard InChI is InChI=1S/C4H5FO4/c5-2(4(8)9)1-3(6)7/h2H,1H2,(H,6,7)(H,8,9)/t2-/m0/s1. The van der Waals surface area contributed by atoms with E-state index in [0.717, 1.165) is 0 Å². The SMILES string of the molecule is O=C(O)C[C@H](F)C(=O)O. The van der Waals surface area contributed by atoms with Crippen LogP contribution in [0.5, 0.6) is 0 Å². The van der Waals surface area contributed by atoms with E-state index in [0.29, 0.717) is 0 Å². The molecule has 0 rings (SSSR count). The second kappa shape index (κ2) is 3.01. The van der Waals surface area contributed by atoms with Crippen LogP contribution in [0.2, 0.25) is 0 Å². The summed E-state index contributed by atoms with van der Waals surface area (Å²) < 4.78 is 11.8. The number of rotatable bonds is 3. The topological polar surface area (TPSA) is 74.6 Å². The zero-order valence-electron chi connectivity index (χ0n) is 4.37. The van der Waals surface area contributed by atoms with Gasteiger partial charge in [0.2, 0.25) is 6.17 Å². The van der Waals surface area contributed by atoms with Crippen molar-refractivity contribution in [3.05, 3.63) is 0 Å². The van der Waals surface area contributed by atoms with Crippen LogP contribution in [0.3, 0.4) is 0 Å². The van der Waals surface area contributed by atoms with Gasteiger partial charge in [-0.05, 0) is 0 Å². The molecule has 0 aliphatic heterocycles. The zero-order valence-corrected chi connectivity index (χ0v) is 4.37. The van der Waals surface area contributed by atoms with Gasteiger partial charge in [-0.15, -0.1) is 0 Å². The maximum Gasteiger partial charge on any atom is 0.338 e. The lowest BCUT2D eigenvalue weighted by Gasteiger charge is -1.94. The Bertz CT molecular complexity index is 133. The highest BCUT2D eigenvalue weighted by Gasteiger charge is 2.18. The first kappa shape index (κ1) is 7.87. The molecule has 0 aliphatic rings. The molecule has 0 bridgehead atoms. The van der Waals surface area contributed by atoms with E-state index in [-0.39, 0.29) is 0 Å². The van der Waals surface area contributed by atoms with Crippen LogP contribution in [0, 0.1) is 0 Å². The predicted octanol–water partition coefficient (Wildman–Crippen LogP) is -0.116.